The molecule has 40 heavy (non-hydrogen) atoms. The van der Waals surface area contributed by atoms with Crippen molar-refractivity contribution in [2.45, 2.75) is 65.6 Å². The number of methoxy groups -OCH3 is 1. The number of aliphatic hydroxyl groups is 1. The number of nitrogens with zero attached hydrogens (tertiary/aromatic N) is 1. The van der Waals surface area contributed by atoms with Crippen LogP contribution in [0, 0.1) is 34.5 Å². The Morgan fingerprint density at radius 2 is 1.82 bits per heavy atom. The first-order valence-corrected chi connectivity index (χ1v) is 14.2. The Morgan fingerprint density at radius 3 is 2.40 bits per heavy atom. The molecule has 8 nitrogen and oxygen atoms in total. The summed E-state index contributed by atoms with van der Waals surface area (Å²) in [7, 11) is 1.39. The minimum absolute atomic E-state index is 0.0254. The number of nitriles is 1. The van der Waals surface area contributed by atoms with Gasteiger partial charge in [-0.15, -0.1) is 0 Å². The van der Waals surface area contributed by atoms with Crippen molar-refractivity contribution < 1.29 is 33.6 Å². The fraction of sp³-hybridized carbons (Fsp3) is 0.500. The highest BCUT2D eigenvalue weighted by Gasteiger charge is 2.57. The van der Waals surface area contributed by atoms with E-state index < -0.39 is 23.5 Å². The minimum atomic E-state index is -0.896. The van der Waals surface area contributed by atoms with Gasteiger partial charge in [-0.2, -0.15) is 5.26 Å². The number of carbonyl (C=O) groups is 2. The second-order valence-electron chi connectivity index (χ2n) is 11.4. The van der Waals surface area contributed by atoms with Gasteiger partial charge in [0.25, 0.3) is 0 Å². The third-order valence-corrected chi connectivity index (χ3v) is 9.50. The van der Waals surface area contributed by atoms with E-state index in [2.05, 4.69) is 0 Å². The molecule has 2 aliphatic carbocycles. The molecule has 212 valence electrons. The molecule has 0 aromatic heterocycles. The number of hydrogen-bond donors (Lipinski definition) is 1. The predicted molar refractivity (Wildman–Crippen MR) is 147 cm³/mol. The molecule has 0 saturated heterocycles. The van der Waals surface area contributed by atoms with Gasteiger partial charge < -0.3 is 24.1 Å². The van der Waals surface area contributed by atoms with E-state index in [-0.39, 0.29) is 74.1 Å². The van der Waals surface area contributed by atoms with Crippen LogP contribution in [0.3, 0.4) is 0 Å². The molecule has 3 aliphatic rings. The van der Waals surface area contributed by atoms with Crippen molar-refractivity contribution in [1.82, 2.24) is 0 Å². The molecule has 2 aromatic carbocycles. The smallest absolute Gasteiger partial charge is 0.346 e. The first-order valence-electron chi connectivity index (χ1n) is 13.4. The third-order valence-electron chi connectivity index (χ3n) is 8.72. The zero-order chi connectivity index (χ0) is 28.9. The van der Waals surface area contributed by atoms with Crippen molar-refractivity contribution in [3.05, 3.63) is 44.4 Å². The van der Waals surface area contributed by atoms with Crippen LogP contribution >= 0.6 is 23.2 Å². The highest BCUT2D eigenvalue weighted by Crippen LogP contribution is 2.59. The van der Waals surface area contributed by atoms with Crippen LogP contribution in [0.25, 0.3) is 0 Å². The van der Waals surface area contributed by atoms with Gasteiger partial charge >= 0.3 is 11.9 Å². The molecule has 5 rings (SSSR count). The van der Waals surface area contributed by atoms with E-state index >= 15 is 0 Å². The SMILES string of the molecule is COc1c(C(O)CC(C)C)ccc2c1C(=O)OCc1c(Cl)c(C#N)c(Cl)c(OC(=O)C3(C)C4CCC3CC4)c1O2. The molecule has 1 unspecified atom stereocenters. The summed E-state index contributed by atoms with van der Waals surface area (Å²) in [6, 6.07) is 5.07. The fourth-order valence-corrected chi connectivity index (χ4v) is 7.11. The second-order valence-corrected chi connectivity index (χ2v) is 12.1. The van der Waals surface area contributed by atoms with Crippen LogP contribution in [0.4, 0.5) is 0 Å². The molecular formula is C30H31Cl2NO7. The van der Waals surface area contributed by atoms with Crippen LogP contribution in [0.15, 0.2) is 12.1 Å². The molecule has 10 heteroatoms. The van der Waals surface area contributed by atoms with Gasteiger partial charge in [0.15, 0.2) is 11.5 Å². The highest BCUT2D eigenvalue weighted by molar-refractivity contribution is 6.38. The number of esters is 2. The molecule has 0 spiro atoms. The number of fused-ring (bicyclic) bond motifs is 4. The quantitative estimate of drug-likeness (QED) is 0.280. The summed E-state index contributed by atoms with van der Waals surface area (Å²) in [4.78, 5) is 26.9. The fourth-order valence-electron chi connectivity index (χ4n) is 6.52. The van der Waals surface area contributed by atoms with Crippen LogP contribution in [-0.2, 0) is 16.1 Å². The first-order chi connectivity index (χ1) is 19.0. The number of aliphatic hydroxyl groups excluding tert-OH is 1. The summed E-state index contributed by atoms with van der Waals surface area (Å²) in [6.45, 7) is 5.49. The lowest BCUT2D eigenvalue weighted by Gasteiger charge is -2.29. The van der Waals surface area contributed by atoms with Gasteiger partial charge in [-0.3, -0.25) is 4.79 Å². The lowest BCUT2D eigenvalue weighted by molar-refractivity contribution is -0.147. The number of carbonyl (C=O) groups excluding carboxylic acids is 2. The molecular weight excluding hydrogens is 557 g/mol. The van der Waals surface area contributed by atoms with E-state index in [0.29, 0.717) is 12.0 Å². The zero-order valence-corrected chi connectivity index (χ0v) is 24.3. The Balaban J connectivity index is 1.64. The van der Waals surface area contributed by atoms with E-state index in [1.165, 1.54) is 13.2 Å². The average Bonchev–Trinajstić information content (AvgIpc) is 3.41. The zero-order valence-electron chi connectivity index (χ0n) is 22.8. The molecule has 2 bridgehead atoms. The molecule has 2 saturated carbocycles. The van der Waals surface area contributed by atoms with Gasteiger partial charge in [0, 0.05) is 5.56 Å². The van der Waals surface area contributed by atoms with Crippen molar-refractivity contribution in [1.29, 1.82) is 5.26 Å². The largest absolute Gasteiger partial charge is 0.495 e. The molecule has 2 fully saturated rings. The molecule has 1 N–H and O–H groups in total. The van der Waals surface area contributed by atoms with Crippen LogP contribution < -0.4 is 14.2 Å². The maximum Gasteiger partial charge on any atom is 0.346 e. The average molecular weight is 588 g/mol. The Morgan fingerprint density at radius 1 is 1.18 bits per heavy atom. The number of ether oxygens (including phenoxy) is 4. The van der Waals surface area contributed by atoms with Crippen molar-refractivity contribution in [3.8, 4) is 29.1 Å². The molecule has 1 heterocycles. The Hall–Kier alpha value is -2.99. The number of hydrogen-bond acceptors (Lipinski definition) is 8. The van der Waals surface area contributed by atoms with Crippen molar-refractivity contribution in [2.24, 2.45) is 23.2 Å². The molecule has 0 radical (unpaired) electrons. The van der Waals surface area contributed by atoms with Gasteiger partial charge in [-0.1, -0.05) is 37.0 Å². The van der Waals surface area contributed by atoms with Crippen LogP contribution in [-0.4, -0.2) is 24.2 Å². The number of halogens is 2. The lowest BCUT2D eigenvalue weighted by Crippen LogP contribution is -2.36. The summed E-state index contributed by atoms with van der Waals surface area (Å²) < 4.78 is 23.4. The molecule has 1 atom stereocenters. The van der Waals surface area contributed by atoms with Gasteiger partial charge in [0.05, 0.1) is 34.8 Å². The van der Waals surface area contributed by atoms with E-state index in [4.69, 9.17) is 42.1 Å². The van der Waals surface area contributed by atoms with Gasteiger partial charge in [0.1, 0.15) is 34.8 Å². The van der Waals surface area contributed by atoms with E-state index in [9.17, 15) is 20.0 Å². The number of cyclic esters (lactones) is 1. The summed E-state index contributed by atoms with van der Waals surface area (Å²) in [5.74, 6) is -0.654. The summed E-state index contributed by atoms with van der Waals surface area (Å²) in [6.07, 6.45) is 3.37. The predicted octanol–water partition coefficient (Wildman–Crippen LogP) is 7.15. The molecule has 2 aromatic rings. The summed E-state index contributed by atoms with van der Waals surface area (Å²) in [5, 5.41) is 20.4. The van der Waals surface area contributed by atoms with Gasteiger partial charge in [-0.25, -0.2) is 4.79 Å². The molecule has 0 amide bonds. The Kier molecular flexibility index (Phi) is 7.68. The van der Waals surface area contributed by atoms with Crippen molar-refractivity contribution in [2.75, 3.05) is 7.11 Å². The summed E-state index contributed by atoms with van der Waals surface area (Å²) >= 11 is 13.2. The minimum Gasteiger partial charge on any atom is -0.495 e. The van der Waals surface area contributed by atoms with Crippen LogP contribution in [0.5, 0.6) is 23.0 Å². The topological polar surface area (TPSA) is 115 Å². The first kappa shape index (κ1) is 28.5. The standard InChI is InChI=1S/C30H31Cl2NO7/c1-14(2)11-20(34)17-9-10-21-22(25(17)37-4)28(35)38-13-19-23(31)18(12-33)24(32)27(26(19)39-21)40-29(36)30(3)15-5-6-16(30)8-7-15/h9-10,14-16,20,34H,5-8,11,13H2,1-4H3. The maximum atomic E-state index is 13.7. The van der Waals surface area contributed by atoms with Crippen molar-refractivity contribution >= 4 is 35.1 Å². The van der Waals surface area contributed by atoms with E-state index in [1.54, 1.807) is 6.07 Å². The molecule has 1 aliphatic heterocycles. The van der Waals surface area contributed by atoms with E-state index in [1.807, 2.05) is 26.8 Å². The van der Waals surface area contributed by atoms with E-state index in [0.717, 1.165) is 25.7 Å². The monoisotopic (exact) mass is 587 g/mol. The summed E-state index contributed by atoms with van der Waals surface area (Å²) in [5.41, 5.74) is -0.285. The van der Waals surface area contributed by atoms with Crippen molar-refractivity contribution in [3.63, 3.8) is 0 Å². The maximum absolute atomic E-state index is 13.7. The number of rotatable bonds is 6. The lowest BCUT2D eigenvalue weighted by atomic mass is 9.80. The van der Waals surface area contributed by atoms with Crippen LogP contribution in [0.2, 0.25) is 10.0 Å². The third kappa shape index (κ3) is 4.49. The number of benzene rings is 2. The second kappa shape index (κ2) is 10.8. The van der Waals surface area contributed by atoms with Gasteiger partial charge in [-0.05, 0) is 68.9 Å². The Labute approximate surface area is 243 Å². The Bertz CT molecular complexity index is 1410. The highest BCUT2D eigenvalue weighted by atomic mass is 35.5. The normalized spacial score (nSPS) is 23.7. The van der Waals surface area contributed by atoms with Gasteiger partial charge in [0.2, 0.25) is 0 Å². The van der Waals surface area contributed by atoms with Crippen LogP contribution in [0.1, 0.15) is 86.0 Å².